The number of amides is 1. The molecule has 1 amide bonds. The summed E-state index contributed by atoms with van der Waals surface area (Å²) in [5.41, 5.74) is 1.32. The second-order valence-electron chi connectivity index (χ2n) is 4.30. The van der Waals surface area contributed by atoms with Crippen LogP contribution in [0.3, 0.4) is 0 Å². The maximum atomic E-state index is 11.9. The van der Waals surface area contributed by atoms with Gasteiger partial charge in [0, 0.05) is 6.42 Å². The van der Waals surface area contributed by atoms with Gasteiger partial charge in [0.05, 0.1) is 19.4 Å². The number of methoxy groups -OCH3 is 1. The van der Waals surface area contributed by atoms with Crippen molar-refractivity contribution in [1.29, 1.82) is 0 Å². The zero-order valence-corrected chi connectivity index (χ0v) is 10.8. The number of benzene rings is 1. The van der Waals surface area contributed by atoms with Crippen LogP contribution in [0, 0.1) is 6.92 Å². The fourth-order valence-electron chi connectivity index (χ4n) is 2.07. The van der Waals surface area contributed by atoms with Crippen LogP contribution >= 0.6 is 0 Å². The SMILES string of the molecule is COc1ccc(C)cc1N1C(=O)OCCC1C(=O)O. The molecule has 0 bridgehead atoms. The molecular formula is C13H15NO5. The van der Waals surface area contributed by atoms with E-state index < -0.39 is 18.1 Å². The van der Waals surface area contributed by atoms with E-state index in [1.54, 1.807) is 12.1 Å². The Hall–Kier alpha value is -2.24. The smallest absolute Gasteiger partial charge is 0.415 e. The van der Waals surface area contributed by atoms with E-state index in [4.69, 9.17) is 9.47 Å². The molecule has 1 N–H and O–H groups in total. The first-order chi connectivity index (χ1) is 9.04. The van der Waals surface area contributed by atoms with Gasteiger partial charge in [-0.05, 0) is 24.6 Å². The number of cyclic esters (lactones) is 1. The number of nitrogens with zero attached hydrogens (tertiary/aromatic N) is 1. The number of carboxylic acids is 1. The third-order valence-electron chi connectivity index (χ3n) is 3.00. The Morgan fingerprint density at radius 1 is 1.53 bits per heavy atom. The Morgan fingerprint density at radius 2 is 2.26 bits per heavy atom. The largest absolute Gasteiger partial charge is 0.495 e. The number of aryl methyl sites for hydroxylation is 1. The Morgan fingerprint density at radius 3 is 2.89 bits per heavy atom. The molecule has 1 heterocycles. The molecule has 1 aromatic rings. The number of carbonyl (C=O) groups excluding carboxylic acids is 1. The Labute approximate surface area is 110 Å². The van der Waals surface area contributed by atoms with Crippen LogP contribution in [0.5, 0.6) is 5.75 Å². The summed E-state index contributed by atoms with van der Waals surface area (Å²) >= 11 is 0. The molecule has 0 spiro atoms. The highest BCUT2D eigenvalue weighted by atomic mass is 16.6. The molecule has 2 rings (SSSR count). The van der Waals surface area contributed by atoms with Crippen LogP contribution in [-0.2, 0) is 9.53 Å². The molecule has 0 aliphatic carbocycles. The summed E-state index contributed by atoms with van der Waals surface area (Å²) in [6.45, 7) is 1.97. The Balaban J connectivity index is 2.49. The number of ether oxygens (including phenoxy) is 2. The first kappa shape index (κ1) is 13.2. The van der Waals surface area contributed by atoms with E-state index in [9.17, 15) is 14.7 Å². The molecule has 1 aromatic carbocycles. The fourth-order valence-corrected chi connectivity index (χ4v) is 2.07. The van der Waals surface area contributed by atoms with Crippen molar-refractivity contribution in [2.24, 2.45) is 0 Å². The van der Waals surface area contributed by atoms with Gasteiger partial charge in [-0.15, -0.1) is 0 Å². The van der Waals surface area contributed by atoms with E-state index in [-0.39, 0.29) is 13.0 Å². The topological polar surface area (TPSA) is 76.1 Å². The quantitative estimate of drug-likeness (QED) is 0.901. The molecule has 1 atom stereocenters. The van der Waals surface area contributed by atoms with Gasteiger partial charge < -0.3 is 14.6 Å². The van der Waals surface area contributed by atoms with Gasteiger partial charge in [0.1, 0.15) is 11.8 Å². The molecule has 1 saturated heterocycles. The second-order valence-corrected chi connectivity index (χ2v) is 4.30. The molecule has 0 radical (unpaired) electrons. The number of rotatable bonds is 3. The summed E-state index contributed by atoms with van der Waals surface area (Å²) in [7, 11) is 1.47. The van der Waals surface area contributed by atoms with Gasteiger partial charge in [-0.1, -0.05) is 6.07 Å². The van der Waals surface area contributed by atoms with Crippen LogP contribution in [-0.4, -0.2) is 36.9 Å². The number of aliphatic carboxylic acids is 1. The minimum absolute atomic E-state index is 0.112. The number of carboxylic acid groups (broad SMARTS) is 1. The molecule has 1 aliphatic heterocycles. The number of hydrogen-bond donors (Lipinski definition) is 1. The highest BCUT2D eigenvalue weighted by molar-refractivity contribution is 5.97. The zero-order valence-electron chi connectivity index (χ0n) is 10.8. The van der Waals surface area contributed by atoms with Crippen molar-refractivity contribution in [1.82, 2.24) is 0 Å². The first-order valence-corrected chi connectivity index (χ1v) is 5.88. The number of carbonyl (C=O) groups is 2. The van der Waals surface area contributed by atoms with E-state index in [1.165, 1.54) is 7.11 Å². The molecule has 1 fully saturated rings. The van der Waals surface area contributed by atoms with Crippen molar-refractivity contribution < 1.29 is 24.2 Å². The lowest BCUT2D eigenvalue weighted by Gasteiger charge is -2.33. The van der Waals surface area contributed by atoms with Crippen LogP contribution in [0.4, 0.5) is 10.5 Å². The van der Waals surface area contributed by atoms with Crippen molar-refractivity contribution >= 4 is 17.7 Å². The molecule has 102 valence electrons. The van der Waals surface area contributed by atoms with Crippen molar-refractivity contribution in [3.05, 3.63) is 23.8 Å². The molecule has 0 saturated carbocycles. The maximum Gasteiger partial charge on any atom is 0.415 e. The van der Waals surface area contributed by atoms with Crippen LogP contribution in [0.1, 0.15) is 12.0 Å². The van der Waals surface area contributed by atoms with Crippen LogP contribution < -0.4 is 9.64 Å². The van der Waals surface area contributed by atoms with Gasteiger partial charge in [0.15, 0.2) is 0 Å². The standard InChI is InChI=1S/C13H15NO5/c1-8-3-4-11(18-2)10(7-8)14-9(12(15)16)5-6-19-13(14)17/h3-4,7,9H,5-6H2,1-2H3,(H,15,16). The third kappa shape index (κ3) is 2.47. The van der Waals surface area contributed by atoms with E-state index in [0.29, 0.717) is 11.4 Å². The lowest BCUT2D eigenvalue weighted by Crippen LogP contribution is -2.50. The molecule has 1 unspecified atom stereocenters. The Kier molecular flexibility index (Phi) is 3.59. The summed E-state index contributed by atoms with van der Waals surface area (Å²) in [6.07, 6.45) is -0.416. The van der Waals surface area contributed by atoms with Gasteiger partial charge in [-0.3, -0.25) is 4.90 Å². The summed E-state index contributed by atoms with van der Waals surface area (Å²) in [5.74, 6) is -0.615. The van der Waals surface area contributed by atoms with Gasteiger partial charge in [0.25, 0.3) is 0 Å². The van der Waals surface area contributed by atoms with Crippen molar-refractivity contribution in [2.75, 3.05) is 18.6 Å². The van der Waals surface area contributed by atoms with Gasteiger partial charge in [-0.2, -0.15) is 0 Å². The summed E-state index contributed by atoms with van der Waals surface area (Å²) in [6, 6.07) is 4.30. The molecule has 6 heteroatoms. The third-order valence-corrected chi connectivity index (χ3v) is 3.00. The van der Waals surface area contributed by atoms with Gasteiger partial charge in [-0.25, -0.2) is 9.59 Å². The summed E-state index contributed by atoms with van der Waals surface area (Å²) in [4.78, 5) is 24.3. The van der Waals surface area contributed by atoms with E-state index in [2.05, 4.69) is 0 Å². The molecule has 0 aromatic heterocycles. The minimum Gasteiger partial charge on any atom is -0.495 e. The number of anilines is 1. The fraction of sp³-hybridized carbons (Fsp3) is 0.385. The normalized spacial score (nSPS) is 18.9. The van der Waals surface area contributed by atoms with Crippen molar-refractivity contribution in [3.63, 3.8) is 0 Å². The average Bonchev–Trinajstić information content (AvgIpc) is 2.38. The summed E-state index contributed by atoms with van der Waals surface area (Å²) in [5, 5.41) is 9.23. The van der Waals surface area contributed by atoms with E-state index in [0.717, 1.165) is 10.5 Å². The highest BCUT2D eigenvalue weighted by Crippen LogP contribution is 2.33. The van der Waals surface area contributed by atoms with E-state index >= 15 is 0 Å². The molecule has 6 nitrogen and oxygen atoms in total. The minimum atomic E-state index is -1.06. The van der Waals surface area contributed by atoms with Crippen LogP contribution in [0.15, 0.2) is 18.2 Å². The molecule has 19 heavy (non-hydrogen) atoms. The average molecular weight is 265 g/mol. The predicted octanol–water partition coefficient (Wildman–Crippen LogP) is 1.80. The highest BCUT2D eigenvalue weighted by Gasteiger charge is 2.37. The first-order valence-electron chi connectivity index (χ1n) is 5.88. The predicted molar refractivity (Wildman–Crippen MR) is 67.6 cm³/mol. The Bertz CT molecular complexity index is 514. The zero-order chi connectivity index (χ0) is 14.0. The lowest BCUT2D eigenvalue weighted by molar-refractivity contribution is -0.139. The van der Waals surface area contributed by atoms with Crippen LogP contribution in [0.25, 0.3) is 0 Å². The molecule has 1 aliphatic rings. The van der Waals surface area contributed by atoms with Gasteiger partial charge in [0.2, 0.25) is 0 Å². The maximum absolute atomic E-state index is 11.9. The van der Waals surface area contributed by atoms with Gasteiger partial charge >= 0.3 is 12.1 Å². The van der Waals surface area contributed by atoms with E-state index in [1.807, 2.05) is 13.0 Å². The van der Waals surface area contributed by atoms with Crippen molar-refractivity contribution in [3.8, 4) is 5.75 Å². The number of hydrogen-bond acceptors (Lipinski definition) is 4. The molecular weight excluding hydrogens is 250 g/mol. The lowest BCUT2D eigenvalue weighted by atomic mass is 10.1. The second kappa shape index (κ2) is 5.17. The monoisotopic (exact) mass is 265 g/mol. The van der Waals surface area contributed by atoms with Crippen molar-refractivity contribution in [2.45, 2.75) is 19.4 Å². The summed E-state index contributed by atoms with van der Waals surface area (Å²) < 4.78 is 10.1. The van der Waals surface area contributed by atoms with Crippen LogP contribution in [0.2, 0.25) is 0 Å².